The van der Waals surface area contributed by atoms with E-state index in [1.54, 1.807) is 7.05 Å². The highest BCUT2D eigenvalue weighted by molar-refractivity contribution is 7.73. The summed E-state index contributed by atoms with van der Waals surface area (Å²) in [7, 11) is 2.54. The van der Waals surface area contributed by atoms with Crippen molar-refractivity contribution in [1.29, 1.82) is 0 Å². The molecule has 2 amide bonds. The Labute approximate surface area is 835 Å². The fourth-order valence-electron chi connectivity index (χ4n) is 15.1. The SMILES string of the molecule is C=P(C)(C)CC[C@H]1O[C@@H](n2cc(CN(C)C(=O)C(F)(F)F)c(=O)[nH]c2=O)[C@H](O)[C@@H]1O.C=P(C)(C)CC[C@H]1O[C@@H](n2cc(CN(CC(=O)OC(C)(C)C)C(=O)C(F)(F)F)c(=O)[nH]c2=O)[C@H](O)[C@@H]1O.C=P(C)(C)CC[C@H]1O[C@@H](n2cc(CNC)c(=O)[nH]c2=O)[C@H](O)[C@@H]1O.C=P(C)(C)CC[C@H]1O[C@@H](n2cc(CNCC(C)=O)c(=O)[nH]c2=O)[C@H](O)[C@@H]1O.C=P(C)(C)CC[C@H]1O[C@@H](n2cc(CNCC(C)=O)c(=O)[nH]c2=S)[C@H](O)[C@@H]1O. The van der Waals surface area contributed by atoms with E-state index >= 15 is 0 Å². The van der Waals surface area contributed by atoms with Crippen LogP contribution in [0.4, 0.5) is 26.3 Å². The Hall–Kier alpha value is -8.07. The molecule has 0 aliphatic carbocycles. The number of hydrogen-bond donors (Lipinski definition) is 18. The first-order valence-corrected chi connectivity index (χ1v) is 61.2. The summed E-state index contributed by atoms with van der Waals surface area (Å²) < 4.78 is 116. The Morgan fingerprint density at radius 1 is 0.400 bits per heavy atom. The predicted molar refractivity (Wildman–Crippen MR) is 545 cm³/mol. The van der Waals surface area contributed by atoms with Gasteiger partial charge in [-0.05, 0) is 183 Å². The van der Waals surface area contributed by atoms with Crippen LogP contribution in [0, 0.1) is 4.77 Å². The fraction of sp³-hybridized carbons (Fsp3) is 0.659. The number of nitrogens with zero attached hydrogens (tertiary/aromatic N) is 7. The lowest BCUT2D eigenvalue weighted by atomic mass is 10.1. The number of aliphatic hydroxyl groups is 10. The number of H-pyrrole nitrogens is 5. The van der Waals surface area contributed by atoms with Gasteiger partial charge >= 0.3 is 52.9 Å². The summed E-state index contributed by atoms with van der Waals surface area (Å²) in [5.41, 5.74) is -7.95. The van der Waals surface area contributed by atoms with E-state index in [4.69, 9.17) is 40.6 Å². The Morgan fingerprint density at radius 3 is 0.897 bits per heavy atom. The highest BCUT2D eigenvalue weighted by atomic mass is 32.1. The number of rotatable bonds is 36. The first-order valence-electron chi connectivity index (χ1n) is 45.6. The molecule has 5 aromatic heterocycles. The van der Waals surface area contributed by atoms with E-state index in [0.717, 1.165) is 56.2 Å². The first-order chi connectivity index (χ1) is 66.4. The van der Waals surface area contributed by atoms with Crippen molar-refractivity contribution in [3.05, 3.63) is 157 Å². The van der Waals surface area contributed by atoms with Gasteiger partial charge in [0.25, 0.3) is 27.8 Å². The summed E-state index contributed by atoms with van der Waals surface area (Å²) in [5.74, 6) is -5.84. The molecule has 0 saturated carbocycles. The topological polar surface area (TPSA) is 643 Å². The van der Waals surface area contributed by atoms with Crippen LogP contribution in [0.1, 0.15) is 126 Å². The molecule has 20 atom stereocenters. The molecule has 5 aromatic rings. The molecule has 5 saturated heterocycles. The van der Waals surface area contributed by atoms with Gasteiger partial charge in [0.1, 0.15) is 84.8 Å². The first kappa shape index (κ1) is 126. The van der Waals surface area contributed by atoms with Crippen LogP contribution in [0.3, 0.4) is 0 Å². The molecule has 10 heterocycles. The summed E-state index contributed by atoms with van der Waals surface area (Å²) in [6.45, 7) is 18.7. The van der Waals surface area contributed by atoms with Crippen LogP contribution in [0.15, 0.2) is 74.1 Å². The van der Waals surface area contributed by atoms with Crippen LogP contribution in [-0.2, 0) is 85.1 Å². The molecule has 5 aliphatic heterocycles. The lowest BCUT2D eigenvalue weighted by Crippen LogP contribution is -2.46. The second kappa shape index (κ2) is 52.1. The van der Waals surface area contributed by atoms with Crippen LogP contribution in [0.5, 0.6) is 0 Å². The number of aliphatic hydroxyl groups excluding tert-OH is 10. The molecular weight excluding hydrogens is 2050 g/mol. The molecule has 57 heteroatoms. The molecule has 0 unspecified atom stereocenters. The largest absolute Gasteiger partial charge is 0.471 e. The summed E-state index contributed by atoms with van der Waals surface area (Å²) in [6, 6.07) is 0. The summed E-state index contributed by atoms with van der Waals surface area (Å²) in [6.07, 6.45) is -0.0785. The molecule has 0 bridgehead atoms. The van der Waals surface area contributed by atoms with Gasteiger partial charge in [-0.3, -0.25) is 95.7 Å². The number of aromatic nitrogens is 10. The Bertz CT molecular complexity index is 6120. The van der Waals surface area contributed by atoms with E-state index in [9.17, 15) is 145 Å². The molecule has 45 nitrogen and oxygen atoms in total. The zero-order valence-corrected chi connectivity index (χ0v) is 89.2. The van der Waals surface area contributed by atoms with Gasteiger partial charge < -0.3 is 105 Å². The Balaban J connectivity index is 0.000000279. The number of carbonyl (C=O) groups is 5. The van der Waals surface area contributed by atoms with Crippen molar-refractivity contribution in [3.8, 4) is 0 Å². The number of ketones is 2. The number of amides is 2. The predicted octanol–water partition coefficient (Wildman–Crippen LogP) is -1.53. The number of hydrogen-bond acceptors (Lipinski definition) is 34. The van der Waals surface area contributed by atoms with E-state index in [1.165, 1.54) is 57.8 Å². The molecule has 0 spiro atoms. The Morgan fingerprint density at radius 2 is 0.641 bits per heavy atom. The van der Waals surface area contributed by atoms with Crippen LogP contribution in [0.25, 0.3) is 0 Å². The molecule has 5 fully saturated rings. The van der Waals surface area contributed by atoms with E-state index in [0.29, 0.717) is 55.6 Å². The van der Waals surface area contributed by atoms with Gasteiger partial charge in [-0.2, -0.15) is 26.3 Å². The van der Waals surface area contributed by atoms with Crippen molar-refractivity contribution in [3.63, 3.8) is 0 Å². The number of carbonyl (C=O) groups excluding carboxylic acids is 5. The molecule has 18 N–H and O–H groups in total. The lowest BCUT2D eigenvalue weighted by Gasteiger charge is -2.26. The minimum atomic E-state index is -5.37. The smallest absolute Gasteiger partial charge is 0.459 e. The number of Topliss-reactive ketones (excluding diaryl/α,β-unsaturated/α-hetero) is 2. The lowest BCUT2D eigenvalue weighted by molar-refractivity contribution is -0.188. The van der Waals surface area contributed by atoms with E-state index in [-0.39, 0.29) is 75.5 Å². The average Bonchev–Trinajstić information content (AvgIpc) is 1.68. The molecule has 10 rings (SSSR count). The maximum absolute atomic E-state index is 13.2. The van der Waals surface area contributed by atoms with Gasteiger partial charge in [-0.1, -0.05) is 0 Å². The van der Waals surface area contributed by atoms with Gasteiger partial charge in [0, 0.05) is 74.4 Å². The monoisotopic (exact) mass is 2190 g/mol. The van der Waals surface area contributed by atoms with Crippen LogP contribution in [-0.4, -0.2) is 410 Å². The summed E-state index contributed by atoms with van der Waals surface area (Å²) in [5, 5.41) is 112. The fourth-order valence-corrected chi connectivity index (χ4v) is 20.2. The highest BCUT2D eigenvalue weighted by Gasteiger charge is 2.51. The second-order valence-corrected chi connectivity index (χ2v) is 62.6. The van der Waals surface area contributed by atoms with Gasteiger partial charge in [0.2, 0.25) is 0 Å². The number of nitrogens with one attached hydrogen (secondary N) is 8. The van der Waals surface area contributed by atoms with Gasteiger partial charge in [0.05, 0.1) is 67.8 Å². The summed E-state index contributed by atoms with van der Waals surface area (Å²) in [4.78, 5) is 178. The number of aromatic amines is 5. The standard InChI is InChI=1S/C22H33F3N3O8P.C17H25F3N3O6P.C17H28N3O6P.C17H28N3O5PS.C15H26N3O5P/c1-21(2,3)36-14(29)11-27(19(33)22(23,24)25)9-12-10-28(20(34)26-17(12)32)18-16(31)15(30)13(35-18)7-8-37(4,5)6;1-22(15(27)17(18,19)20)7-9-8-23(16(28)21-13(9)26)14-12(25)11(24)10(29-14)5-6-30(2,3)4;1-10(21)7-18-8-11-9-20(17(25)19-15(11)24)16-14(23)13(22)12(26-16)5-6-27(2,3)4;1-10(21)7-18-8-11-9-20(17(27)19-15(11)24)16-14(23)13(22)12(25-16)5-6-26(2,3)4;1-16-7-9-8-18(15(22)17-13(9)21)14-12(20)11(19)10(23-14)5-6-24(2,3)4/h10,13,15-16,18,30-31H,4,7-9,11H2,1-3,5-6H3,(H,26,32,34);8,10-12,14,24-25H,2,5-7H2,1,3-4H3,(H,21,26,28);9,12-14,16,18,22-23H,2,5-8H2,1,3-4H3,(H,19,24,25);9,12-14,16,18,22-23H,2,5-8H2,1,3-4H3,(H,19,24,27);8,10-12,14,16,19-20H,2,5-7H2,1,3-4H3,(H,17,21,22)/t13-,15-,16-,18-;10-,11-,12-,14-;2*12-,13-,14-,16-;10-,11-,12-,14-/m11111/s1. The number of ether oxygens (including phenoxy) is 6. The van der Waals surface area contributed by atoms with Crippen molar-refractivity contribution in [2.45, 2.75) is 240 Å². The number of esters is 1. The third kappa shape index (κ3) is 37.8. The third-order valence-electron chi connectivity index (χ3n) is 22.7. The quantitative estimate of drug-likeness (QED) is 0.00936. The summed E-state index contributed by atoms with van der Waals surface area (Å²) >= 11 is 5.20. The molecule has 0 aromatic carbocycles. The van der Waals surface area contributed by atoms with Gasteiger partial charge in [-0.25, -0.2) is 19.2 Å². The zero-order valence-electron chi connectivity index (χ0n) is 83.9. The minimum absolute atomic E-state index is 0.0455. The van der Waals surface area contributed by atoms with Crippen LogP contribution in [0.2, 0.25) is 0 Å². The van der Waals surface area contributed by atoms with Gasteiger partial charge in [-0.15, -0.1) is 65.9 Å². The maximum Gasteiger partial charge on any atom is 0.471 e. The molecular formula is C88H140F6N15O30P5S. The Kier molecular flexibility index (Phi) is 45.1. The van der Waals surface area contributed by atoms with Crippen molar-refractivity contribution >= 4 is 107 Å². The normalized spacial score (nSPS) is 25.0. The minimum Gasteiger partial charge on any atom is -0.459 e. The van der Waals surface area contributed by atoms with Crippen molar-refractivity contribution in [1.82, 2.24) is 73.5 Å². The second-order valence-electron chi connectivity index (χ2n) is 40.6. The van der Waals surface area contributed by atoms with Crippen LogP contribution >= 0.6 is 46.6 Å². The zero-order chi connectivity index (χ0) is 110. The highest BCUT2D eigenvalue weighted by Crippen LogP contribution is 2.45. The number of alkyl halides is 6. The van der Waals surface area contributed by atoms with Crippen molar-refractivity contribution < 1.29 is 130 Å². The maximum atomic E-state index is 13.2. The van der Waals surface area contributed by atoms with E-state index in [1.807, 2.05) is 36.6 Å². The molecule has 0 radical (unpaired) electrons. The molecule has 145 heavy (non-hydrogen) atoms. The van der Waals surface area contributed by atoms with Gasteiger partial charge in [0.15, 0.2) is 35.9 Å². The molecule has 820 valence electrons. The van der Waals surface area contributed by atoms with Crippen LogP contribution < -0.4 is 66.5 Å². The van der Waals surface area contributed by atoms with E-state index in [2.05, 4.69) is 102 Å². The average molecular weight is 2190 g/mol. The molecule has 5 aliphatic rings. The van der Waals surface area contributed by atoms with Crippen molar-refractivity contribution in [2.75, 3.05) is 131 Å². The van der Waals surface area contributed by atoms with E-state index < -0.39 is 263 Å². The number of halogens is 6. The van der Waals surface area contributed by atoms with Crippen molar-refractivity contribution in [2.24, 2.45) is 0 Å². The third-order valence-corrected chi connectivity index (χ3v) is 30.4.